The van der Waals surface area contributed by atoms with Crippen molar-refractivity contribution in [1.82, 2.24) is 0 Å². The van der Waals surface area contributed by atoms with Crippen LogP contribution in [0.25, 0.3) is 11.1 Å². The zero-order valence-electron chi connectivity index (χ0n) is 16.0. The van der Waals surface area contributed by atoms with Crippen molar-refractivity contribution < 1.29 is 17.7 Å². The van der Waals surface area contributed by atoms with Crippen LogP contribution >= 0.6 is 0 Å². The third-order valence-electron chi connectivity index (χ3n) is 4.32. The van der Waals surface area contributed by atoms with Crippen molar-refractivity contribution in [2.24, 2.45) is 0 Å². The second-order valence-corrected chi connectivity index (χ2v) is 9.94. The average molecular weight is 382 g/mol. The predicted molar refractivity (Wildman–Crippen MR) is 102 cm³/mol. The maximum Gasteiger partial charge on any atom is 0.578 e. The Morgan fingerprint density at radius 2 is 1.19 bits per heavy atom. The third kappa shape index (κ3) is 4.63. The average Bonchev–Trinajstić information content (AvgIpc) is 2.51. The molecule has 0 spiro atoms. The van der Waals surface area contributed by atoms with Gasteiger partial charge in [-0.3, -0.25) is 0 Å². The lowest BCUT2D eigenvalue weighted by Gasteiger charge is -2.23. The first kappa shape index (κ1) is 20.8. The van der Waals surface area contributed by atoms with Crippen LogP contribution < -0.4 is 0 Å². The summed E-state index contributed by atoms with van der Waals surface area (Å²) >= 11 is -3.08. The van der Waals surface area contributed by atoms with Gasteiger partial charge in [-0.1, -0.05) is 71.9 Å². The summed E-state index contributed by atoms with van der Waals surface area (Å²) in [7, 11) is 0. The normalized spacial score (nSPS) is 14.4. The predicted octanol–water partition coefficient (Wildman–Crippen LogP) is 6.58. The Morgan fingerprint density at radius 1 is 0.731 bits per heavy atom. The molecular weight excluding hydrogens is 357 g/mol. The number of halogens is 3. The zero-order valence-corrected chi connectivity index (χ0v) is 16.8. The minimum Gasteiger partial charge on any atom is -0.604 e. The number of hydrogen-bond acceptors (Lipinski definition) is 1. The van der Waals surface area contributed by atoms with E-state index in [2.05, 4.69) is 20.8 Å². The first-order valence-electron chi connectivity index (χ1n) is 8.45. The van der Waals surface area contributed by atoms with Crippen LogP contribution in [0.3, 0.4) is 0 Å². The van der Waals surface area contributed by atoms with Gasteiger partial charge in [0.15, 0.2) is 4.90 Å². The quantitative estimate of drug-likeness (QED) is 0.538. The van der Waals surface area contributed by atoms with Crippen molar-refractivity contribution in [2.45, 2.75) is 62.8 Å². The Balaban J connectivity index is 2.61. The summed E-state index contributed by atoms with van der Waals surface area (Å²) in [6.45, 7) is 12.0. The van der Waals surface area contributed by atoms with Gasteiger partial charge in [-0.05, 0) is 39.7 Å². The highest BCUT2D eigenvalue weighted by molar-refractivity contribution is 7.92. The molecule has 0 N–H and O–H groups in total. The summed E-state index contributed by atoms with van der Waals surface area (Å²) in [6, 6.07) is 12.3. The molecule has 0 aliphatic carbocycles. The molecule has 0 heterocycles. The van der Waals surface area contributed by atoms with Crippen LogP contribution in [0.1, 0.15) is 52.7 Å². The van der Waals surface area contributed by atoms with Crippen molar-refractivity contribution in [3.05, 3.63) is 53.6 Å². The van der Waals surface area contributed by atoms with Crippen LogP contribution in [0.4, 0.5) is 13.2 Å². The second-order valence-electron chi connectivity index (χ2n) is 8.50. The molecule has 0 bridgehead atoms. The fraction of sp³-hybridized carbons (Fsp3) is 0.429. The number of benzene rings is 2. The fourth-order valence-corrected chi connectivity index (χ4v) is 3.52. The molecule has 5 heteroatoms. The second kappa shape index (κ2) is 6.93. The van der Waals surface area contributed by atoms with E-state index >= 15 is 0 Å². The monoisotopic (exact) mass is 382 g/mol. The summed E-state index contributed by atoms with van der Waals surface area (Å²) in [5.74, 6) is 0. The lowest BCUT2D eigenvalue weighted by Crippen LogP contribution is -2.24. The Bertz CT molecular complexity index is 766. The van der Waals surface area contributed by atoms with Gasteiger partial charge >= 0.3 is 5.51 Å². The SMILES string of the molecule is CC(C)(C)c1ccc(-c2ccc(C(C)(C)C)cc2[S+]([O-])C(F)(F)F)cc1. The van der Waals surface area contributed by atoms with Crippen molar-refractivity contribution in [2.75, 3.05) is 0 Å². The molecule has 26 heavy (non-hydrogen) atoms. The third-order valence-corrected chi connectivity index (χ3v) is 5.48. The topological polar surface area (TPSA) is 23.1 Å². The molecule has 0 radical (unpaired) electrons. The highest BCUT2D eigenvalue weighted by Crippen LogP contribution is 2.39. The molecule has 0 aromatic heterocycles. The van der Waals surface area contributed by atoms with Gasteiger partial charge in [-0.2, -0.15) is 0 Å². The molecule has 142 valence electrons. The summed E-state index contributed by atoms with van der Waals surface area (Å²) in [5.41, 5.74) is -2.38. The molecule has 0 aliphatic heterocycles. The molecule has 0 saturated carbocycles. The number of hydrogen-bond donors (Lipinski definition) is 0. The van der Waals surface area contributed by atoms with Gasteiger partial charge in [-0.25, -0.2) is 0 Å². The van der Waals surface area contributed by atoms with E-state index < -0.39 is 16.7 Å². The van der Waals surface area contributed by atoms with Gasteiger partial charge in [0.25, 0.3) is 0 Å². The van der Waals surface area contributed by atoms with Gasteiger partial charge in [-0.15, -0.1) is 13.2 Å². The molecule has 1 nitrogen and oxygen atoms in total. The van der Waals surface area contributed by atoms with Crippen LogP contribution in [-0.4, -0.2) is 10.1 Å². The first-order valence-corrected chi connectivity index (χ1v) is 9.60. The van der Waals surface area contributed by atoms with Crippen LogP contribution in [0, 0.1) is 0 Å². The number of alkyl halides is 3. The summed E-state index contributed by atoms with van der Waals surface area (Å²) in [4.78, 5) is -0.187. The van der Waals surface area contributed by atoms with Crippen LogP contribution in [-0.2, 0) is 22.0 Å². The highest BCUT2D eigenvalue weighted by Gasteiger charge is 2.47. The van der Waals surface area contributed by atoms with Gasteiger partial charge in [0.05, 0.1) is 11.2 Å². The maximum absolute atomic E-state index is 13.2. The van der Waals surface area contributed by atoms with Crippen molar-refractivity contribution in [3.63, 3.8) is 0 Å². The maximum atomic E-state index is 13.2. The van der Waals surface area contributed by atoms with Gasteiger partial charge < -0.3 is 4.55 Å². The number of rotatable bonds is 2. The van der Waals surface area contributed by atoms with Crippen molar-refractivity contribution in [3.8, 4) is 11.1 Å². The smallest absolute Gasteiger partial charge is 0.578 e. The van der Waals surface area contributed by atoms with Gasteiger partial charge in [0, 0.05) is 5.56 Å². The molecule has 0 fully saturated rings. The van der Waals surface area contributed by atoms with E-state index in [-0.39, 0.29) is 15.7 Å². The Morgan fingerprint density at radius 3 is 1.62 bits per heavy atom. The molecule has 0 aliphatic rings. The molecule has 1 atom stereocenters. The van der Waals surface area contributed by atoms with Crippen LogP contribution in [0.2, 0.25) is 0 Å². The van der Waals surface area contributed by atoms with Crippen LogP contribution in [0.5, 0.6) is 0 Å². The molecule has 2 aromatic carbocycles. The fourth-order valence-electron chi connectivity index (χ4n) is 2.66. The van der Waals surface area contributed by atoms with E-state index in [9.17, 15) is 17.7 Å². The molecular formula is C21H25F3OS. The van der Waals surface area contributed by atoms with E-state index in [1.807, 2.05) is 39.0 Å². The Kier molecular flexibility index (Phi) is 5.56. The van der Waals surface area contributed by atoms with Gasteiger partial charge in [0.2, 0.25) is 0 Å². The van der Waals surface area contributed by atoms with E-state index in [1.54, 1.807) is 18.2 Å². The lowest BCUT2D eigenvalue weighted by molar-refractivity contribution is -0.0435. The Labute approximate surface area is 156 Å². The summed E-state index contributed by atoms with van der Waals surface area (Å²) < 4.78 is 51.7. The summed E-state index contributed by atoms with van der Waals surface area (Å²) in [6.07, 6.45) is 0. The van der Waals surface area contributed by atoms with E-state index in [1.165, 1.54) is 6.07 Å². The molecule has 0 saturated heterocycles. The largest absolute Gasteiger partial charge is 0.604 e. The lowest BCUT2D eigenvalue weighted by atomic mass is 9.85. The van der Waals surface area contributed by atoms with Crippen molar-refractivity contribution >= 4 is 11.2 Å². The first-order chi connectivity index (χ1) is 11.7. The molecule has 2 rings (SSSR count). The standard InChI is InChI=1S/C21H25F3OS/c1-19(2,3)15-9-7-14(8-10-15)17-12-11-16(20(4,5)6)13-18(17)26(25)21(22,23)24/h7-13H,1-6H3. The minimum absolute atomic E-state index is 0.0494. The zero-order chi connectivity index (χ0) is 19.9. The van der Waals surface area contributed by atoms with Gasteiger partial charge in [0.1, 0.15) is 0 Å². The van der Waals surface area contributed by atoms with E-state index in [4.69, 9.17) is 0 Å². The molecule has 2 aromatic rings. The summed E-state index contributed by atoms with van der Waals surface area (Å²) in [5, 5.41) is 0. The molecule has 0 amide bonds. The minimum atomic E-state index is -4.80. The Hall–Kier alpha value is -1.46. The molecule has 1 unspecified atom stereocenters. The van der Waals surface area contributed by atoms with Crippen molar-refractivity contribution in [1.29, 1.82) is 0 Å². The van der Waals surface area contributed by atoms with E-state index in [0.29, 0.717) is 11.1 Å². The highest BCUT2D eigenvalue weighted by atomic mass is 32.2. The van der Waals surface area contributed by atoms with E-state index in [0.717, 1.165) is 11.1 Å². The van der Waals surface area contributed by atoms with Crippen LogP contribution in [0.15, 0.2) is 47.4 Å².